The maximum absolute atomic E-state index is 14.1. The van der Waals surface area contributed by atoms with Crippen LogP contribution in [0.4, 0.5) is 10.2 Å². The summed E-state index contributed by atoms with van der Waals surface area (Å²) < 4.78 is 14.5. The fourth-order valence-corrected chi connectivity index (χ4v) is 2.13. The molecule has 1 aromatic carbocycles. The first kappa shape index (κ1) is 13.9. The topological polar surface area (TPSA) is 37.8 Å². The summed E-state index contributed by atoms with van der Waals surface area (Å²) in [5.74, 6) is 1.13. The Morgan fingerprint density at radius 3 is 2.74 bits per heavy atom. The zero-order valence-electron chi connectivity index (χ0n) is 10.9. The van der Waals surface area contributed by atoms with Crippen LogP contribution < -0.4 is 5.32 Å². The molecule has 0 atom stereocenters. The molecule has 2 rings (SSSR count). The summed E-state index contributed by atoms with van der Waals surface area (Å²) in [6, 6.07) is 6.96. The van der Waals surface area contributed by atoms with Crippen LogP contribution in [0.1, 0.15) is 19.7 Å². The first-order chi connectivity index (χ1) is 9.15. The lowest BCUT2D eigenvalue weighted by Crippen LogP contribution is -2.04. The normalized spacial score (nSPS) is 10.5. The monoisotopic (exact) mass is 323 g/mol. The van der Waals surface area contributed by atoms with E-state index in [4.69, 9.17) is 0 Å². The number of anilines is 1. The van der Waals surface area contributed by atoms with Gasteiger partial charge in [0.25, 0.3) is 0 Å². The van der Waals surface area contributed by atoms with E-state index in [9.17, 15) is 4.39 Å². The van der Waals surface area contributed by atoms with Gasteiger partial charge in [0, 0.05) is 24.6 Å². The average Bonchev–Trinajstić information content (AvgIpc) is 2.42. The molecule has 2 aromatic rings. The van der Waals surface area contributed by atoms with Gasteiger partial charge in [-0.25, -0.2) is 14.4 Å². The lowest BCUT2D eigenvalue weighted by Gasteiger charge is -2.09. The van der Waals surface area contributed by atoms with Crippen LogP contribution in [-0.2, 0) is 6.42 Å². The molecule has 1 heterocycles. The number of aryl methyl sites for hydroxylation is 1. The van der Waals surface area contributed by atoms with Crippen molar-refractivity contribution < 1.29 is 4.39 Å². The fourth-order valence-electron chi connectivity index (χ4n) is 1.77. The summed E-state index contributed by atoms with van der Waals surface area (Å²) in [6.45, 7) is 4.74. The summed E-state index contributed by atoms with van der Waals surface area (Å²) in [7, 11) is 0. The molecule has 0 radical (unpaired) electrons. The van der Waals surface area contributed by atoms with E-state index in [1.807, 2.05) is 13.8 Å². The summed E-state index contributed by atoms with van der Waals surface area (Å²) in [5, 5.41) is 3.14. The number of hydrogen-bond donors (Lipinski definition) is 1. The number of hydrogen-bond acceptors (Lipinski definition) is 3. The Morgan fingerprint density at radius 2 is 2.05 bits per heavy atom. The van der Waals surface area contributed by atoms with Gasteiger partial charge in [0.1, 0.15) is 17.5 Å². The highest BCUT2D eigenvalue weighted by Crippen LogP contribution is 2.27. The van der Waals surface area contributed by atoms with Crippen LogP contribution in [0.2, 0.25) is 0 Å². The molecule has 0 spiro atoms. The van der Waals surface area contributed by atoms with E-state index in [2.05, 4.69) is 31.2 Å². The second-order valence-corrected chi connectivity index (χ2v) is 4.89. The lowest BCUT2D eigenvalue weighted by molar-refractivity contribution is 0.624. The largest absolute Gasteiger partial charge is 0.370 e. The van der Waals surface area contributed by atoms with Gasteiger partial charge in [0.2, 0.25) is 0 Å². The number of nitrogens with zero attached hydrogens (tertiary/aromatic N) is 2. The number of nitrogens with one attached hydrogen (secondary N) is 1. The van der Waals surface area contributed by atoms with Crippen LogP contribution in [0.5, 0.6) is 0 Å². The van der Waals surface area contributed by atoms with Crippen molar-refractivity contribution in [2.75, 3.05) is 11.9 Å². The number of rotatable bonds is 4. The molecule has 19 heavy (non-hydrogen) atoms. The van der Waals surface area contributed by atoms with E-state index in [-0.39, 0.29) is 5.82 Å². The van der Waals surface area contributed by atoms with E-state index in [1.165, 1.54) is 0 Å². The highest BCUT2D eigenvalue weighted by Gasteiger charge is 2.11. The number of benzene rings is 1. The van der Waals surface area contributed by atoms with Crippen molar-refractivity contribution in [3.63, 3.8) is 0 Å². The van der Waals surface area contributed by atoms with Crippen molar-refractivity contribution >= 4 is 21.7 Å². The standard InChI is InChI=1S/C14H15BrFN3/c1-3-12-18-11(8-13(19-12)17-4-2)9-6-5-7-10(15)14(9)16/h5-8H,3-4H2,1-2H3,(H,17,18,19). The van der Waals surface area contributed by atoms with Crippen LogP contribution >= 0.6 is 15.9 Å². The predicted octanol–water partition coefficient (Wildman–Crippen LogP) is 4.04. The molecule has 1 aromatic heterocycles. The van der Waals surface area contributed by atoms with Crippen molar-refractivity contribution in [3.05, 3.63) is 40.4 Å². The van der Waals surface area contributed by atoms with Gasteiger partial charge in [-0.1, -0.05) is 13.0 Å². The van der Waals surface area contributed by atoms with Crippen molar-refractivity contribution in [2.45, 2.75) is 20.3 Å². The second-order valence-electron chi connectivity index (χ2n) is 4.04. The molecule has 1 N–H and O–H groups in total. The van der Waals surface area contributed by atoms with Gasteiger partial charge in [-0.2, -0.15) is 0 Å². The van der Waals surface area contributed by atoms with Gasteiger partial charge < -0.3 is 5.32 Å². The average molecular weight is 324 g/mol. The van der Waals surface area contributed by atoms with E-state index >= 15 is 0 Å². The van der Waals surface area contributed by atoms with Crippen molar-refractivity contribution in [1.82, 2.24) is 9.97 Å². The highest BCUT2D eigenvalue weighted by atomic mass is 79.9. The Kier molecular flexibility index (Phi) is 4.47. The third-order valence-electron chi connectivity index (χ3n) is 2.67. The third kappa shape index (κ3) is 3.10. The molecule has 0 saturated carbocycles. The summed E-state index contributed by atoms with van der Waals surface area (Å²) in [5.41, 5.74) is 1.08. The van der Waals surface area contributed by atoms with E-state index in [0.29, 0.717) is 28.0 Å². The molecule has 0 unspecified atom stereocenters. The Balaban J connectivity index is 2.54. The molecule has 3 nitrogen and oxygen atoms in total. The summed E-state index contributed by atoms with van der Waals surface area (Å²) in [6.07, 6.45) is 0.710. The van der Waals surface area contributed by atoms with Gasteiger partial charge in [-0.15, -0.1) is 0 Å². The molecule has 0 amide bonds. The van der Waals surface area contributed by atoms with Crippen LogP contribution in [0.25, 0.3) is 11.3 Å². The number of aromatic nitrogens is 2. The minimum Gasteiger partial charge on any atom is -0.370 e. The molecule has 100 valence electrons. The van der Waals surface area contributed by atoms with E-state index in [1.54, 1.807) is 24.3 Å². The minimum absolute atomic E-state index is 0.300. The van der Waals surface area contributed by atoms with E-state index < -0.39 is 0 Å². The van der Waals surface area contributed by atoms with Gasteiger partial charge >= 0.3 is 0 Å². The van der Waals surface area contributed by atoms with Crippen LogP contribution in [0.3, 0.4) is 0 Å². The van der Waals surface area contributed by atoms with Crippen LogP contribution in [0.15, 0.2) is 28.7 Å². The molecule has 0 aliphatic heterocycles. The molecule has 0 aliphatic rings. The number of halogens is 2. The lowest BCUT2D eigenvalue weighted by atomic mass is 10.1. The second kappa shape index (κ2) is 6.10. The zero-order valence-corrected chi connectivity index (χ0v) is 12.5. The first-order valence-electron chi connectivity index (χ1n) is 6.22. The molecular weight excluding hydrogens is 309 g/mol. The minimum atomic E-state index is -0.300. The Morgan fingerprint density at radius 1 is 1.26 bits per heavy atom. The maximum Gasteiger partial charge on any atom is 0.146 e. The van der Waals surface area contributed by atoms with Crippen LogP contribution in [-0.4, -0.2) is 16.5 Å². The van der Waals surface area contributed by atoms with Crippen molar-refractivity contribution in [3.8, 4) is 11.3 Å². The smallest absolute Gasteiger partial charge is 0.146 e. The molecule has 0 fully saturated rings. The van der Waals surface area contributed by atoms with Crippen molar-refractivity contribution in [2.24, 2.45) is 0 Å². The Labute approximate surface area is 120 Å². The zero-order chi connectivity index (χ0) is 13.8. The molecule has 0 saturated heterocycles. The van der Waals surface area contributed by atoms with Crippen molar-refractivity contribution in [1.29, 1.82) is 0 Å². The van der Waals surface area contributed by atoms with E-state index in [0.717, 1.165) is 12.4 Å². The van der Waals surface area contributed by atoms with Gasteiger partial charge in [0.15, 0.2) is 0 Å². The first-order valence-corrected chi connectivity index (χ1v) is 7.01. The van der Waals surface area contributed by atoms with Gasteiger partial charge in [-0.05, 0) is 35.0 Å². The maximum atomic E-state index is 14.1. The summed E-state index contributed by atoms with van der Waals surface area (Å²) in [4.78, 5) is 8.76. The summed E-state index contributed by atoms with van der Waals surface area (Å²) >= 11 is 3.19. The predicted molar refractivity (Wildman–Crippen MR) is 78.7 cm³/mol. The van der Waals surface area contributed by atoms with Gasteiger partial charge in [-0.3, -0.25) is 0 Å². The van der Waals surface area contributed by atoms with Gasteiger partial charge in [0.05, 0.1) is 10.2 Å². The molecular formula is C14H15BrFN3. The fraction of sp³-hybridized carbons (Fsp3) is 0.286. The molecule has 5 heteroatoms. The Bertz CT molecular complexity index is 587. The molecule has 0 aliphatic carbocycles. The quantitative estimate of drug-likeness (QED) is 0.922. The van der Waals surface area contributed by atoms with Crippen LogP contribution in [0, 0.1) is 5.82 Å². The SMILES string of the molecule is CCNc1cc(-c2cccc(Br)c2F)nc(CC)n1. The highest BCUT2D eigenvalue weighted by molar-refractivity contribution is 9.10. The Hall–Kier alpha value is -1.49. The third-order valence-corrected chi connectivity index (χ3v) is 3.29. The molecule has 0 bridgehead atoms.